The van der Waals surface area contributed by atoms with Crippen molar-refractivity contribution < 1.29 is 23.8 Å². The second-order valence-corrected chi connectivity index (χ2v) is 9.68. The van der Waals surface area contributed by atoms with Crippen LogP contribution < -0.4 is 0 Å². The Balaban J connectivity index is 2.05. The van der Waals surface area contributed by atoms with Crippen LogP contribution in [0.2, 0.25) is 0 Å². The van der Waals surface area contributed by atoms with Gasteiger partial charge in [0, 0.05) is 0 Å². The Morgan fingerprint density at radius 1 is 0.960 bits per heavy atom. The van der Waals surface area contributed by atoms with Crippen LogP contribution in [0.1, 0.15) is 30.9 Å². The van der Waals surface area contributed by atoms with E-state index in [0.717, 1.165) is 12.0 Å². The summed E-state index contributed by atoms with van der Waals surface area (Å²) >= 11 is 0. The molecule has 0 bridgehead atoms. The summed E-state index contributed by atoms with van der Waals surface area (Å²) in [6.07, 6.45) is 0.169. The molecule has 0 amide bonds. The Morgan fingerprint density at radius 3 is 2.08 bits per heavy atom. The van der Waals surface area contributed by atoms with E-state index in [1.807, 2.05) is 43.3 Å². The standard InChI is InChI=1S/C19H25O5P/c1-2-3-14-25(21,22,16-18-12-8-5-9-13-18)24-19(20)23-15-17-10-6-4-7-11-17/h4-13,21-22H,2-3,14-16H2,1H3. The molecule has 6 heteroatoms. The van der Waals surface area contributed by atoms with E-state index in [2.05, 4.69) is 0 Å². The Hall–Kier alpha value is -1.94. The molecule has 2 rings (SSSR count). The van der Waals surface area contributed by atoms with Crippen molar-refractivity contribution in [3.8, 4) is 0 Å². The summed E-state index contributed by atoms with van der Waals surface area (Å²) in [5, 5.41) is 0. The number of benzene rings is 2. The van der Waals surface area contributed by atoms with Gasteiger partial charge in [0.2, 0.25) is 0 Å². The van der Waals surface area contributed by atoms with Gasteiger partial charge in [-0.05, 0) is 0 Å². The fourth-order valence-electron chi connectivity index (χ4n) is 2.50. The number of carbonyl (C=O) groups is 1. The summed E-state index contributed by atoms with van der Waals surface area (Å²) in [5.74, 6) is 0. The Bertz CT molecular complexity index is 673. The van der Waals surface area contributed by atoms with E-state index in [-0.39, 0.29) is 18.9 Å². The molecule has 5 nitrogen and oxygen atoms in total. The molecule has 0 aliphatic rings. The first-order valence-corrected chi connectivity index (χ1v) is 10.8. The van der Waals surface area contributed by atoms with Crippen molar-refractivity contribution in [2.24, 2.45) is 0 Å². The van der Waals surface area contributed by atoms with Gasteiger partial charge in [-0.25, -0.2) is 0 Å². The number of carbonyl (C=O) groups excluding carboxylic acids is 1. The Morgan fingerprint density at radius 2 is 1.52 bits per heavy atom. The average Bonchev–Trinajstić information content (AvgIpc) is 2.60. The molecule has 0 aliphatic heterocycles. The van der Waals surface area contributed by atoms with Gasteiger partial charge in [-0.3, -0.25) is 0 Å². The van der Waals surface area contributed by atoms with Crippen LogP contribution in [-0.2, 0) is 22.0 Å². The van der Waals surface area contributed by atoms with Gasteiger partial charge in [-0.2, -0.15) is 0 Å². The molecule has 0 radical (unpaired) electrons. The first-order valence-electron chi connectivity index (χ1n) is 8.35. The zero-order valence-electron chi connectivity index (χ0n) is 14.4. The van der Waals surface area contributed by atoms with Gasteiger partial charge in [0.05, 0.1) is 0 Å². The van der Waals surface area contributed by atoms with E-state index in [1.165, 1.54) is 0 Å². The van der Waals surface area contributed by atoms with Crippen LogP contribution in [0.3, 0.4) is 0 Å². The third kappa shape index (κ3) is 6.46. The topological polar surface area (TPSA) is 76.0 Å². The molecule has 2 aromatic rings. The zero-order valence-corrected chi connectivity index (χ0v) is 15.3. The molecule has 2 N–H and O–H groups in total. The fraction of sp³-hybridized carbons (Fsp3) is 0.316. The van der Waals surface area contributed by atoms with Gasteiger partial charge in [0.25, 0.3) is 0 Å². The summed E-state index contributed by atoms with van der Waals surface area (Å²) in [6.45, 7) is 1.96. The number of hydrogen-bond donors (Lipinski definition) is 2. The van der Waals surface area contributed by atoms with E-state index < -0.39 is 13.4 Å². The maximum absolute atomic E-state index is 12.1. The minimum absolute atomic E-state index is 0.0191. The van der Waals surface area contributed by atoms with Crippen molar-refractivity contribution in [2.75, 3.05) is 6.16 Å². The maximum atomic E-state index is 12.1. The van der Waals surface area contributed by atoms with Gasteiger partial charge >= 0.3 is 148 Å². The van der Waals surface area contributed by atoms with Gasteiger partial charge < -0.3 is 0 Å². The Kier molecular flexibility index (Phi) is 6.54. The molecule has 0 fully saturated rings. The van der Waals surface area contributed by atoms with E-state index >= 15 is 0 Å². The third-order valence-corrected chi connectivity index (χ3v) is 6.58. The molecular weight excluding hydrogens is 339 g/mol. The first-order chi connectivity index (χ1) is 11.9. The van der Waals surface area contributed by atoms with Crippen LogP contribution >= 0.6 is 7.28 Å². The molecule has 25 heavy (non-hydrogen) atoms. The second-order valence-electron chi connectivity index (χ2n) is 6.14. The third-order valence-electron chi connectivity index (χ3n) is 3.79. The second kappa shape index (κ2) is 8.43. The van der Waals surface area contributed by atoms with E-state index in [4.69, 9.17) is 9.26 Å². The van der Waals surface area contributed by atoms with Crippen molar-refractivity contribution in [3.05, 3.63) is 71.8 Å². The predicted molar refractivity (Wildman–Crippen MR) is 99.0 cm³/mol. The van der Waals surface area contributed by atoms with Crippen molar-refractivity contribution in [1.82, 2.24) is 0 Å². The summed E-state index contributed by atoms with van der Waals surface area (Å²) in [4.78, 5) is 33.8. The summed E-state index contributed by atoms with van der Waals surface area (Å²) in [6, 6.07) is 18.2. The monoisotopic (exact) mass is 364 g/mol. The molecule has 0 unspecified atom stereocenters. The normalized spacial score (nSPS) is 12.8. The van der Waals surface area contributed by atoms with Gasteiger partial charge in [-0.1, -0.05) is 0 Å². The molecule has 0 spiro atoms. The van der Waals surface area contributed by atoms with Crippen LogP contribution in [-0.4, -0.2) is 22.1 Å². The van der Waals surface area contributed by atoms with Gasteiger partial charge in [-0.15, -0.1) is 0 Å². The molecule has 0 saturated heterocycles. The van der Waals surface area contributed by atoms with Crippen LogP contribution in [0.25, 0.3) is 0 Å². The average molecular weight is 364 g/mol. The number of unbranched alkanes of at least 4 members (excludes halogenated alkanes) is 1. The van der Waals surface area contributed by atoms with Gasteiger partial charge in [0.15, 0.2) is 0 Å². The van der Waals surface area contributed by atoms with E-state index in [1.54, 1.807) is 24.3 Å². The molecule has 2 aromatic carbocycles. The molecule has 0 saturated carbocycles. The molecule has 0 aromatic heterocycles. The quantitative estimate of drug-likeness (QED) is 0.528. The number of ether oxygens (including phenoxy) is 1. The van der Waals surface area contributed by atoms with Crippen molar-refractivity contribution in [2.45, 2.75) is 32.5 Å². The summed E-state index contributed by atoms with van der Waals surface area (Å²) < 4.78 is 10.2. The molecule has 0 heterocycles. The SMILES string of the molecule is CCCCP(O)(O)(Cc1ccccc1)OC(=O)OCc1ccccc1. The Labute approximate surface area is 148 Å². The fourth-order valence-corrected chi connectivity index (χ4v) is 5.11. The van der Waals surface area contributed by atoms with Crippen molar-refractivity contribution >= 4 is 13.4 Å². The van der Waals surface area contributed by atoms with Crippen LogP contribution in [0.15, 0.2) is 60.7 Å². The molecule has 0 aliphatic carbocycles. The van der Waals surface area contributed by atoms with Crippen molar-refractivity contribution in [3.63, 3.8) is 0 Å². The molecule has 0 atom stereocenters. The van der Waals surface area contributed by atoms with E-state index in [0.29, 0.717) is 12.0 Å². The van der Waals surface area contributed by atoms with Crippen LogP contribution in [0.5, 0.6) is 0 Å². The van der Waals surface area contributed by atoms with Crippen LogP contribution in [0.4, 0.5) is 4.79 Å². The summed E-state index contributed by atoms with van der Waals surface area (Å²) in [5.41, 5.74) is 1.50. The number of rotatable bonds is 8. The van der Waals surface area contributed by atoms with Crippen molar-refractivity contribution in [1.29, 1.82) is 0 Å². The molecule has 136 valence electrons. The predicted octanol–water partition coefficient (Wildman–Crippen LogP) is 4.62. The first kappa shape index (κ1) is 19.4. The van der Waals surface area contributed by atoms with Crippen LogP contribution in [0, 0.1) is 0 Å². The minimum atomic E-state index is -4.67. The van der Waals surface area contributed by atoms with E-state index in [9.17, 15) is 14.6 Å². The summed E-state index contributed by atoms with van der Waals surface area (Å²) in [7, 11) is -4.67. The number of hydrogen-bond acceptors (Lipinski definition) is 5. The van der Waals surface area contributed by atoms with Gasteiger partial charge in [0.1, 0.15) is 0 Å². The molecular formula is C19H25O5P. The zero-order chi connectivity index (χ0) is 18.2.